The average Bonchev–Trinajstić information content (AvgIpc) is 3.14. The van der Waals surface area contributed by atoms with E-state index in [0.29, 0.717) is 29.0 Å². The molecule has 0 saturated carbocycles. The molecule has 6 nitrogen and oxygen atoms in total. The monoisotopic (exact) mass is 519 g/mol. The summed E-state index contributed by atoms with van der Waals surface area (Å²) in [5.41, 5.74) is 5.02. The number of H-pyrrole nitrogens is 1. The zero-order valence-electron chi connectivity index (χ0n) is 19.3. The van der Waals surface area contributed by atoms with Crippen LogP contribution in [0.4, 0.5) is 5.69 Å². The van der Waals surface area contributed by atoms with Crippen molar-refractivity contribution in [2.75, 3.05) is 20.7 Å². The van der Waals surface area contributed by atoms with Gasteiger partial charge in [-0.3, -0.25) is 0 Å². The van der Waals surface area contributed by atoms with Crippen LogP contribution in [-0.4, -0.2) is 47.4 Å². The van der Waals surface area contributed by atoms with Crippen molar-refractivity contribution in [3.05, 3.63) is 93.5 Å². The van der Waals surface area contributed by atoms with E-state index in [1.165, 1.54) is 0 Å². The van der Waals surface area contributed by atoms with E-state index in [2.05, 4.69) is 25.8 Å². The fourth-order valence-corrected chi connectivity index (χ4v) is 4.32. The van der Waals surface area contributed by atoms with Crippen molar-refractivity contribution < 1.29 is 14.6 Å². The fraction of sp³-hybridized carbons (Fsp3) is 0.185. The molecule has 0 fully saturated rings. The first-order valence-corrected chi connectivity index (χ1v) is 11.8. The van der Waals surface area contributed by atoms with Gasteiger partial charge in [0.2, 0.25) is 0 Å². The SMILES string of the molecule is CCOC(=O)c1ccc2c(C(=Nc3ccc(CN(C)C)c(Br)c3)c3ccccc3)c(O)[nH]c2c1. The van der Waals surface area contributed by atoms with Crippen LogP contribution in [0.2, 0.25) is 0 Å². The second-order valence-electron chi connectivity index (χ2n) is 8.17. The number of ether oxygens (including phenoxy) is 1. The number of hydrogen-bond acceptors (Lipinski definition) is 5. The van der Waals surface area contributed by atoms with Crippen molar-refractivity contribution >= 4 is 44.2 Å². The van der Waals surface area contributed by atoms with E-state index < -0.39 is 5.97 Å². The molecule has 0 radical (unpaired) electrons. The quantitative estimate of drug-likeness (QED) is 0.230. The normalized spacial score (nSPS) is 11.9. The number of aromatic hydroxyl groups is 1. The number of hydrogen-bond donors (Lipinski definition) is 2. The summed E-state index contributed by atoms with van der Waals surface area (Å²) in [5, 5.41) is 11.7. The van der Waals surface area contributed by atoms with E-state index in [4.69, 9.17) is 9.73 Å². The fourth-order valence-electron chi connectivity index (χ4n) is 3.83. The van der Waals surface area contributed by atoms with E-state index in [0.717, 1.165) is 33.2 Å². The number of aromatic amines is 1. The van der Waals surface area contributed by atoms with Gasteiger partial charge in [-0.15, -0.1) is 0 Å². The summed E-state index contributed by atoms with van der Waals surface area (Å²) in [7, 11) is 4.05. The lowest BCUT2D eigenvalue weighted by atomic mass is 10.00. The molecular formula is C27H26BrN3O3. The number of carbonyl (C=O) groups excluding carboxylic acids is 1. The molecule has 174 valence electrons. The Morgan fingerprint density at radius 3 is 2.50 bits per heavy atom. The minimum absolute atomic E-state index is 0.0121. The molecule has 2 N–H and O–H groups in total. The molecule has 7 heteroatoms. The molecular weight excluding hydrogens is 494 g/mol. The number of nitrogens with one attached hydrogen (secondary N) is 1. The van der Waals surface area contributed by atoms with Gasteiger partial charge in [0.25, 0.3) is 0 Å². The molecule has 0 aliphatic heterocycles. The van der Waals surface area contributed by atoms with Crippen molar-refractivity contribution in [2.24, 2.45) is 4.99 Å². The minimum atomic E-state index is -0.403. The molecule has 0 saturated heterocycles. The lowest BCUT2D eigenvalue weighted by Gasteiger charge is -2.12. The van der Waals surface area contributed by atoms with Crippen molar-refractivity contribution in [1.82, 2.24) is 9.88 Å². The maximum atomic E-state index is 12.2. The van der Waals surface area contributed by atoms with Gasteiger partial charge in [-0.05, 0) is 50.8 Å². The number of halogens is 1. The summed E-state index contributed by atoms with van der Waals surface area (Å²) in [4.78, 5) is 22.2. The van der Waals surface area contributed by atoms with Gasteiger partial charge in [-0.2, -0.15) is 0 Å². The van der Waals surface area contributed by atoms with Crippen LogP contribution >= 0.6 is 15.9 Å². The van der Waals surface area contributed by atoms with Crippen LogP contribution in [0.15, 0.2) is 76.2 Å². The number of nitrogens with zero attached hydrogens (tertiary/aromatic N) is 2. The Bertz CT molecular complexity index is 1360. The zero-order valence-corrected chi connectivity index (χ0v) is 20.9. The molecule has 0 amide bonds. The smallest absolute Gasteiger partial charge is 0.338 e. The molecule has 4 aromatic rings. The summed E-state index contributed by atoms with van der Waals surface area (Å²) in [5.74, 6) is -0.415. The first kappa shape index (κ1) is 23.7. The van der Waals surface area contributed by atoms with E-state index in [1.807, 2.05) is 68.7 Å². The first-order chi connectivity index (χ1) is 16.4. The van der Waals surface area contributed by atoms with Crippen LogP contribution in [-0.2, 0) is 11.3 Å². The van der Waals surface area contributed by atoms with Crippen LogP contribution in [0.5, 0.6) is 5.88 Å². The van der Waals surface area contributed by atoms with Gasteiger partial charge in [0.15, 0.2) is 5.88 Å². The number of aliphatic imine (C=N–C) groups is 1. The Kier molecular flexibility index (Phi) is 7.14. The maximum absolute atomic E-state index is 12.2. The van der Waals surface area contributed by atoms with Crippen molar-refractivity contribution in [2.45, 2.75) is 13.5 Å². The van der Waals surface area contributed by atoms with E-state index in [-0.39, 0.29) is 5.88 Å². The Morgan fingerprint density at radius 2 is 1.82 bits per heavy atom. The Labute approximate surface area is 207 Å². The molecule has 0 aliphatic carbocycles. The lowest BCUT2D eigenvalue weighted by Crippen LogP contribution is -2.10. The Hall–Kier alpha value is -3.42. The number of carbonyl (C=O) groups is 1. The highest BCUT2D eigenvalue weighted by atomic mass is 79.9. The summed E-state index contributed by atoms with van der Waals surface area (Å²) in [6.07, 6.45) is 0. The largest absolute Gasteiger partial charge is 0.494 e. The number of aromatic nitrogens is 1. The van der Waals surface area contributed by atoms with Gasteiger partial charge in [0, 0.05) is 27.5 Å². The molecule has 1 aromatic heterocycles. The summed E-state index contributed by atoms with van der Waals surface area (Å²) in [6, 6.07) is 20.9. The van der Waals surface area contributed by atoms with Gasteiger partial charge in [0.1, 0.15) is 0 Å². The predicted molar refractivity (Wildman–Crippen MR) is 139 cm³/mol. The first-order valence-electron chi connectivity index (χ1n) is 11.0. The highest BCUT2D eigenvalue weighted by molar-refractivity contribution is 9.10. The van der Waals surface area contributed by atoms with Gasteiger partial charge in [-0.25, -0.2) is 9.79 Å². The standard InChI is InChI=1S/C27H26BrN3O3/c1-4-34-27(33)18-11-13-21-23(14-18)30-26(32)24(21)25(17-8-6-5-7-9-17)29-20-12-10-19(16-31(2)3)22(28)15-20/h5-15,30,32H,4,16H2,1-3H3. The van der Waals surface area contributed by atoms with Gasteiger partial charge >= 0.3 is 5.97 Å². The molecule has 1 heterocycles. The highest BCUT2D eigenvalue weighted by Crippen LogP contribution is 2.33. The third-order valence-electron chi connectivity index (χ3n) is 5.34. The summed E-state index contributed by atoms with van der Waals surface area (Å²) < 4.78 is 6.08. The number of rotatable bonds is 7. The molecule has 0 spiro atoms. The molecule has 0 aliphatic rings. The molecule has 4 rings (SSSR count). The van der Waals surface area contributed by atoms with E-state index in [1.54, 1.807) is 19.1 Å². The van der Waals surface area contributed by atoms with Gasteiger partial charge < -0.3 is 19.7 Å². The summed E-state index contributed by atoms with van der Waals surface area (Å²) >= 11 is 3.66. The second kappa shape index (κ2) is 10.2. The maximum Gasteiger partial charge on any atom is 0.338 e. The molecule has 0 bridgehead atoms. The van der Waals surface area contributed by atoms with Crippen LogP contribution < -0.4 is 0 Å². The van der Waals surface area contributed by atoms with Crippen molar-refractivity contribution in [1.29, 1.82) is 0 Å². The Balaban J connectivity index is 1.85. The van der Waals surface area contributed by atoms with Gasteiger partial charge in [0.05, 0.1) is 29.1 Å². The number of fused-ring (bicyclic) bond motifs is 1. The van der Waals surface area contributed by atoms with Crippen LogP contribution in [0, 0.1) is 0 Å². The minimum Gasteiger partial charge on any atom is -0.494 e. The Morgan fingerprint density at radius 1 is 1.06 bits per heavy atom. The average molecular weight is 520 g/mol. The number of benzene rings is 3. The van der Waals surface area contributed by atoms with E-state index >= 15 is 0 Å². The van der Waals surface area contributed by atoms with Crippen LogP contribution in [0.25, 0.3) is 10.9 Å². The topological polar surface area (TPSA) is 77.9 Å². The molecule has 0 atom stereocenters. The van der Waals surface area contributed by atoms with Crippen LogP contribution in [0.1, 0.15) is 34.0 Å². The van der Waals surface area contributed by atoms with Crippen molar-refractivity contribution in [3.8, 4) is 5.88 Å². The third kappa shape index (κ3) is 5.05. The second-order valence-corrected chi connectivity index (χ2v) is 9.02. The van der Waals surface area contributed by atoms with Crippen molar-refractivity contribution in [3.63, 3.8) is 0 Å². The van der Waals surface area contributed by atoms with Crippen LogP contribution in [0.3, 0.4) is 0 Å². The molecule has 34 heavy (non-hydrogen) atoms. The molecule has 0 unspecified atom stereocenters. The molecule has 3 aromatic carbocycles. The summed E-state index contributed by atoms with van der Waals surface area (Å²) in [6.45, 7) is 2.87. The highest BCUT2D eigenvalue weighted by Gasteiger charge is 2.20. The zero-order chi connectivity index (χ0) is 24.2. The third-order valence-corrected chi connectivity index (χ3v) is 6.08. The van der Waals surface area contributed by atoms with E-state index in [9.17, 15) is 9.90 Å². The predicted octanol–water partition coefficient (Wildman–Crippen LogP) is 6.04. The lowest BCUT2D eigenvalue weighted by molar-refractivity contribution is 0.0526. The number of esters is 1. The van der Waals surface area contributed by atoms with Gasteiger partial charge in [-0.1, -0.05) is 58.4 Å².